The molecule has 0 N–H and O–H groups in total. The number of likely N-dealkylation sites (N-methyl/N-ethyl adjacent to an activating group) is 1. The molecule has 1 aromatic carbocycles. The zero-order valence-corrected chi connectivity index (χ0v) is 14.1. The van der Waals surface area contributed by atoms with Crippen LogP contribution in [0.2, 0.25) is 10.0 Å². The summed E-state index contributed by atoms with van der Waals surface area (Å²) in [6.07, 6.45) is 1.62. The molecule has 1 aliphatic heterocycles. The Hall–Kier alpha value is -1.36. The van der Waals surface area contributed by atoms with Crippen LogP contribution in [0.3, 0.4) is 0 Å². The first-order chi connectivity index (χ1) is 10.5. The van der Waals surface area contributed by atoms with Crippen LogP contribution >= 0.6 is 23.2 Å². The highest BCUT2D eigenvalue weighted by atomic mass is 35.5. The van der Waals surface area contributed by atoms with E-state index in [1.165, 1.54) is 0 Å². The van der Waals surface area contributed by atoms with Crippen molar-refractivity contribution in [3.05, 3.63) is 51.9 Å². The van der Waals surface area contributed by atoms with Crippen molar-refractivity contribution in [2.75, 3.05) is 25.0 Å². The van der Waals surface area contributed by atoms with Crippen molar-refractivity contribution in [1.29, 1.82) is 0 Å². The number of nitrogens with zero attached hydrogens (tertiary/aromatic N) is 4. The van der Waals surface area contributed by atoms with E-state index in [1.54, 1.807) is 6.33 Å². The molecule has 0 amide bonds. The predicted octanol–water partition coefficient (Wildman–Crippen LogP) is 3.41. The normalized spacial score (nSPS) is 15.2. The fourth-order valence-electron chi connectivity index (χ4n) is 2.60. The maximum atomic E-state index is 6.24. The minimum atomic E-state index is 0.475. The Kier molecular flexibility index (Phi) is 4.52. The Balaban J connectivity index is 1.61. The van der Waals surface area contributed by atoms with E-state index < -0.39 is 0 Å². The lowest BCUT2D eigenvalue weighted by Crippen LogP contribution is -2.58. The van der Waals surface area contributed by atoms with Gasteiger partial charge in [-0.25, -0.2) is 9.97 Å². The average Bonchev–Trinajstić information content (AvgIpc) is 2.41. The van der Waals surface area contributed by atoms with Crippen molar-refractivity contribution >= 4 is 29.0 Å². The molecule has 1 fully saturated rings. The van der Waals surface area contributed by atoms with Gasteiger partial charge >= 0.3 is 0 Å². The van der Waals surface area contributed by atoms with Crippen molar-refractivity contribution in [1.82, 2.24) is 14.9 Å². The lowest BCUT2D eigenvalue weighted by Gasteiger charge is -2.44. The van der Waals surface area contributed by atoms with Gasteiger partial charge in [-0.05, 0) is 26.1 Å². The SMILES string of the molecule is Cc1cc(N2CC(N(C)Cc3c(Cl)cccc3Cl)C2)ncn1. The molecular formula is C16H18Cl2N4. The molecule has 0 atom stereocenters. The Bertz CT molecular complexity index is 651. The summed E-state index contributed by atoms with van der Waals surface area (Å²) in [6.45, 7) is 4.64. The molecule has 0 bridgehead atoms. The summed E-state index contributed by atoms with van der Waals surface area (Å²) in [4.78, 5) is 13.0. The van der Waals surface area contributed by atoms with Crippen LogP contribution < -0.4 is 4.90 Å². The molecule has 2 aromatic rings. The van der Waals surface area contributed by atoms with Gasteiger partial charge in [0.2, 0.25) is 0 Å². The van der Waals surface area contributed by atoms with Crippen LogP contribution in [-0.4, -0.2) is 41.0 Å². The molecule has 1 aliphatic rings. The largest absolute Gasteiger partial charge is 0.353 e. The molecule has 2 heterocycles. The standard InChI is InChI=1S/C16H18Cl2N4/c1-11-6-16(20-10-19-11)22-7-12(8-22)21(2)9-13-14(17)4-3-5-15(13)18/h3-6,10,12H,7-9H2,1-2H3. The van der Waals surface area contributed by atoms with E-state index in [9.17, 15) is 0 Å². The summed E-state index contributed by atoms with van der Waals surface area (Å²) < 4.78 is 0. The van der Waals surface area contributed by atoms with Crippen molar-refractivity contribution in [3.63, 3.8) is 0 Å². The molecule has 116 valence electrons. The van der Waals surface area contributed by atoms with E-state index in [4.69, 9.17) is 23.2 Å². The summed E-state index contributed by atoms with van der Waals surface area (Å²) >= 11 is 12.5. The second kappa shape index (κ2) is 6.41. The Labute approximate surface area is 140 Å². The minimum Gasteiger partial charge on any atom is -0.353 e. The van der Waals surface area contributed by atoms with Crippen molar-refractivity contribution in [2.24, 2.45) is 0 Å². The Morgan fingerprint density at radius 1 is 1.23 bits per heavy atom. The van der Waals surface area contributed by atoms with Crippen molar-refractivity contribution in [2.45, 2.75) is 19.5 Å². The predicted molar refractivity (Wildman–Crippen MR) is 90.7 cm³/mol. The van der Waals surface area contributed by atoms with E-state index >= 15 is 0 Å². The van der Waals surface area contributed by atoms with Crippen LogP contribution in [-0.2, 0) is 6.54 Å². The third kappa shape index (κ3) is 3.19. The van der Waals surface area contributed by atoms with Gasteiger partial charge < -0.3 is 4.90 Å². The zero-order chi connectivity index (χ0) is 15.7. The van der Waals surface area contributed by atoms with Crippen LogP contribution in [0.15, 0.2) is 30.6 Å². The Morgan fingerprint density at radius 2 is 1.91 bits per heavy atom. The molecule has 0 aliphatic carbocycles. The van der Waals surface area contributed by atoms with Gasteiger partial charge in [0, 0.05) is 53.0 Å². The number of halogens is 2. The highest BCUT2D eigenvalue weighted by Crippen LogP contribution is 2.28. The molecular weight excluding hydrogens is 319 g/mol. The van der Waals surface area contributed by atoms with Gasteiger partial charge in [0.1, 0.15) is 12.1 Å². The highest BCUT2D eigenvalue weighted by molar-refractivity contribution is 6.35. The summed E-state index contributed by atoms with van der Waals surface area (Å²) in [5.41, 5.74) is 1.98. The van der Waals surface area contributed by atoms with Gasteiger partial charge in [-0.15, -0.1) is 0 Å². The first-order valence-electron chi connectivity index (χ1n) is 7.21. The summed E-state index contributed by atoms with van der Waals surface area (Å²) in [6, 6.07) is 8.13. The molecule has 0 saturated carbocycles. The topological polar surface area (TPSA) is 32.3 Å². The number of hydrogen-bond donors (Lipinski definition) is 0. The molecule has 0 radical (unpaired) electrons. The van der Waals surface area contributed by atoms with Gasteiger partial charge in [0.15, 0.2) is 0 Å². The lowest BCUT2D eigenvalue weighted by molar-refractivity contribution is 0.197. The number of aryl methyl sites for hydroxylation is 1. The number of anilines is 1. The van der Waals surface area contributed by atoms with Gasteiger partial charge in [0.05, 0.1) is 0 Å². The quantitative estimate of drug-likeness (QED) is 0.856. The van der Waals surface area contributed by atoms with Gasteiger partial charge in [-0.1, -0.05) is 29.3 Å². The summed E-state index contributed by atoms with van der Waals surface area (Å²) in [7, 11) is 2.10. The van der Waals surface area contributed by atoms with Gasteiger partial charge in [-0.3, -0.25) is 4.90 Å². The van der Waals surface area contributed by atoms with E-state index in [2.05, 4.69) is 26.8 Å². The van der Waals surface area contributed by atoms with Gasteiger partial charge in [0.25, 0.3) is 0 Å². The molecule has 6 heteroatoms. The molecule has 1 saturated heterocycles. The highest BCUT2D eigenvalue weighted by Gasteiger charge is 2.31. The number of rotatable bonds is 4. The number of benzene rings is 1. The first-order valence-corrected chi connectivity index (χ1v) is 7.97. The monoisotopic (exact) mass is 336 g/mol. The fourth-order valence-corrected chi connectivity index (χ4v) is 3.11. The average molecular weight is 337 g/mol. The molecule has 4 nitrogen and oxygen atoms in total. The molecule has 0 spiro atoms. The maximum absolute atomic E-state index is 6.24. The van der Waals surface area contributed by atoms with Crippen LogP contribution in [0.5, 0.6) is 0 Å². The van der Waals surface area contributed by atoms with Crippen molar-refractivity contribution < 1.29 is 0 Å². The smallest absolute Gasteiger partial charge is 0.132 e. The molecule has 22 heavy (non-hydrogen) atoms. The van der Waals surface area contributed by atoms with E-state index in [0.717, 1.165) is 46.8 Å². The molecule has 1 aromatic heterocycles. The first kappa shape index (κ1) is 15.5. The molecule has 3 rings (SSSR count). The number of hydrogen-bond acceptors (Lipinski definition) is 4. The fraction of sp³-hybridized carbons (Fsp3) is 0.375. The van der Waals surface area contributed by atoms with Crippen LogP contribution in [0, 0.1) is 6.92 Å². The van der Waals surface area contributed by atoms with E-state index in [-0.39, 0.29) is 0 Å². The van der Waals surface area contributed by atoms with Crippen LogP contribution in [0.1, 0.15) is 11.3 Å². The second-order valence-electron chi connectivity index (χ2n) is 5.69. The minimum absolute atomic E-state index is 0.475. The lowest BCUT2D eigenvalue weighted by atomic mass is 10.1. The van der Waals surface area contributed by atoms with E-state index in [0.29, 0.717) is 6.04 Å². The zero-order valence-electron chi connectivity index (χ0n) is 12.6. The van der Waals surface area contributed by atoms with Crippen molar-refractivity contribution in [3.8, 4) is 0 Å². The third-order valence-electron chi connectivity index (χ3n) is 4.07. The van der Waals surface area contributed by atoms with Gasteiger partial charge in [-0.2, -0.15) is 0 Å². The number of aromatic nitrogens is 2. The third-order valence-corrected chi connectivity index (χ3v) is 4.78. The van der Waals surface area contributed by atoms with Crippen LogP contribution in [0.25, 0.3) is 0 Å². The summed E-state index contributed by atoms with van der Waals surface area (Å²) in [5.74, 6) is 0.993. The maximum Gasteiger partial charge on any atom is 0.132 e. The molecule has 0 unspecified atom stereocenters. The summed E-state index contributed by atoms with van der Waals surface area (Å²) in [5, 5.41) is 1.45. The van der Waals surface area contributed by atoms with E-state index in [1.807, 2.05) is 31.2 Å². The van der Waals surface area contributed by atoms with Crippen LogP contribution in [0.4, 0.5) is 5.82 Å². The second-order valence-corrected chi connectivity index (χ2v) is 6.51. The Morgan fingerprint density at radius 3 is 2.55 bits per heavy atom.